The minimum Gasteiger partial charge on any atom is -0.0695 e. The van der Waals surface area contributed by atoms with E-state index < -0.39 is 8.07 Å². The normalized spacial score (nSPS) is 40.5. The monoisotopic (exact) mass is 210 g/mol. The molecule has 14 heavy (non-hydrogen) atoms. The quantitative estimate of drug-likeness (QED) is 0.593. The minimum absolute atomic E-state index is 0.697. The van der Waals surface area contributed by atoms with Gasteiger partial charge in [-0.15, -0.1) is 0 Å². The molecule has 3 saturated carbocycles. The van der Waals surface area contributed by atoms with Crippen molar-refractivity contribution in [2.75, 3.05) is 0 Å². The molecule has 2 bridgehead atoms. The molecule has 3 rings (SSSR count). The molecular formula is C13H26Si. The molecule has 3 aliphatic rings. The molecule has 0 N–H and O–H groups in total. The zero-order chi connectivity index (χ0) is 10.6. The Kier molecular flexibility index (Phi) is 2.38. The van der Waals surface area contributed by atoms with Gasteiger partial charge in [0.05, 0.1) is 0 Å². The van der Waals surface area contributed by atoms with Crippen molar-refractivity contribution in [3.8, 4) is 0 Å². The van der Waals surface area contributed by atoms with Gasteiger partial charge in [0.15, 0.2) is 0 Å². The van der Waals surface area contributed by atoms with Gasteiger partial charge >= 0.3 is 0 Å². The smallest absolute Gasteiger partial charge is 0.0445 e. The highest BCUT2D eigenvalue weighted by Crippen LogP contribution is 2.62. The van der Waals surface area contributed by atoms with Gasteiger partial charge in [0.25, 0.3) is 0 Å². The first-order valence-electron chi connectivity index (χ1n) is 6.31. The molecule has 0 aromatic carbocycles. The summed E-state index contributed by atoms with van der Waals surface area (Å²) < 4.78 is 0. The molecule has 0 nitrogen and oxygen atoms in total. The van der Waals surface area contributed by atoms with E-state index in [0.717, 1.165) is 17.8 Å². The summed E-state index contributed by atoms with van der Waals surface area (Å²) in [5, 5.41) is 0. The maximum Gasteiger partial charge on any atom is 0.0445 e. The summed E-state index contributed by atoms with van der Waals surface area (Å²) in [5.41, 5.74) is 0.697. The zero-order valence-corrected chi connectivity index (χ0v) is 11.6. The first kappa shape index (κ1) is 10.7. The molecule has 0 aromatic heterocycles. The van der Waals surface area contributed by atoms with E-state index in [1.54, 1.807) is 18.9 Å². The molecular weight excluding hydrogens is 184 g/mol. The number of fused-ring (bicyclic) bond motifs is 2. The number of rotatable bonds is 2. The van der Waals surface area contributed by atoms with Crippen LogP contribution in [0, 0.1) is 23.2 Å². The Morgan fingerprint density at radius 1 is 1.14 bits per heavy atom. The highest BCUT2D eigenvalue weighted by molar-refractivity contribution is 6.76. The molecule has 0 radical (unpaired) electrons. The van der Waals surface area contributed by atoms with E-state index in [-0.39, 0.29) is 0 Å². The predicted octanol–water partition coefficient (Wildman–Crippen LogP) is 4.40. The van der Waals surface area contributed by atoms with Crippen LogP contribution in [-0.2, 0) is 0 Å². The van der Waals surface area contributed by atoms with Gasteiger partial charge in [-0.05, 0) is 36.0 Å². The molecule has 1 heteroatoms. The van der Waals surface area contributed by atoms with E-state index >= 15 is 0 Å². The first-order valence-corrected chi connectivity index (χ1v) is 10.0. The Bertz CT molecular complexity index is 222. The average Bonchev–Trinajstić information content (AvgIpc) is 2.00. The van der Waals surface area contributed by atoms with Crippen molar-refractivity contribution in [2.45, 2.75) is 58.8 Å². The molecule has 0 spiro atoms. The van der Waals surface area contributed by atoms with E-state index in [4.69, 9.17) is 0 Å². The lowest BCUT2D eigenvalue weighted by Gasteiger charge is -2.61. The highest BCUT2D eigenvalue weighted by Gasteiger charge is 2.54. The van der Waals surface area contributed by atoms with Crippen LogP contribution in [0.1, 0.15) is 33.1 Å². The van der Waals surface area contributed by atoms with Crippen LogP contribution < -0.4 is 0 Å². The second-order valence-electron chi connectivity index (χ2n) is 7.46. The van der Waals surface area contributed by atoms with Crippen LogP contribution in [0.4, 0.5) is 0 Å². The maximum absolute atomic E-state index is 2.53. The summed E-state index contributed by atoms with van der Waals surface area (Å²) in [6.07, 6.45) is 4.63. The molecule has 0 heterocycles. The topological polar surface area (TPSA) is 0 Å². The largest absolute Gasteiger partial charge is 0.0695 e. The van der Waals surface area contributed by atoms with Gasteiger partial charge in [-0.1, -0.05) is 46.0 Å². The van der Waals surface area contributed by atoms with Crippen molar-refractivity contribution in [1.82, 2.24) is 0 Å². The molecule has 0 saturated heterocycles. The lowest BCUT2D eigenvalue weighted by atomic mass is 9.46. The summed E-state index contributed by atoms with van der Waals surface area (Å²) >= 11 is 0. The van der Waals surface area contributed by atoms with Crippen LogP contribution >= 0.6 is 0 Å². The fourth-order valence-corrected chi connectivity index (χ4v) is 6.06. The van der Waals surface area contributed by atoms with Gasteiger partial charge in [-0.3, -0.25) is 0 Å². The predicted molar refractivity (Wildman–Crippen MR) is 66.3 cm³/mol. The standard InChI is InChI=1S/C13H26Si/c1-13(2)11-7-6-10(12(13)8-11)9-14(3,4)5/h10-12H,6-9H2,1-5H3/t10-,11+,12+/m1/s1. The Balaban J connectivity index is 2.01. The summed E-state index contributed by atoms with van der Waals surface area (Å²) in [6, 6.07) is 1.58. The summed E-state index contributed by atoms with van der Waals surface area (Å²) in [6.45, 7) is 12.6. The van der Waals surface area contributed by atoms with Gasteiger partial charge in [0.1, 0.15) is 0 Å². The van der Waals surface area contributed by atoms with Gasteiger partial charge < -0.3 is 0 Å². The molecule has 0 amide bonds. The van der Waals surface area contributed by atoms with Gasteiger partial charge in [0, 0.05) is 8.07 Å². The molecule has 0 unspecified atom stereocenters. The molecule has 0 aliphatic heterocycles. The van der Waals surface area contributed by atoms with Crippen molar-refractivity contribution in [3.63, 3.8) is 0 Å². The van der Waals surface area contributed by atoms with Crippen molar-refractivity contribution in [2.24, 2.45) is 23.2 Å². The number of hydrogen-bond donors (Lipinski definition) is 0. The second kappa shape index (κ2) is 3.10. The molecule has 3 fully saturated rings. The molecule has 3 atom stereocenters. The Hall–Kier alpha value is 0.217. The number of hydrogen-bond acceptors (Lipinski definition) is 0. The van der Waals surface area contributed by atoms with E-state index in [1.807, 2.05) is 0 Å². The fraction of sp³-hybridized carbons (Fsp3) is 1.00. The van der Waals surface area contributed by atoms with Gasteiger partial charge in [0.2, 0.25) is 0 Å². The van der Waals surface area contributed by atoms with Crippen molar-refractivity contribution >= 4 is 8.07 Å². The summed E-state index contributed by atoms with van der Waals surface area (Å²) in [7, 11) is -0.824. The summed E-state index contributed by atoms with van der Waals surface area (Å²) in [4.78, 5) is 0. The van der Waals surface area contributed by atoms with Crippen LogP contribution in [0.3, 0.4) is 0 Å². The van der Waals surface area contributed by atoms with Gasteiger partial charge in [-0.25, -0.2) is 0 Å². The third kappa shape index (κ3) is 1.68. The van der Waals surface area contributed by atoms with Crippen molar-refractivity contribution < 1.29 is 0 Å². The van der Waals surface area contributed by atoms with Gasteiger partial charge in [-0.2, -0.15) is 0 Å². The SMILES string of the molecule is CC1(C)[C@H]2CC[C@H](C[Si](C)(C)C)[C@@H]1C2. The van der Waals surface area contributed by atoms with Crippen LogP contribution in [0.5, 0.6) is 0 Å². The Morgan fingerprint density at radius 3 is 2.21 bits per heavy atom. The van der Waals surface area contributed by atoms with Crippen molar-refractivity contribution in [3.05, 3.63) is 0 Å². The van der Waals surface area contributed by atoms with Crippen molar-refractivity contribution in [1.29, 1.82) is 0 Å². The Morgan fingerprint density at radius 2 is 1.79 bits per heavy atom. The van der Waals surface area contributed by atoms with Crippen LogP contribution in [0.25, 0.3) is 0 Å². The maximum atomic E-state index is 2.53. The van der Waals surface area contributed by atoms with E-state index in [2.05, 4.69) is 33.5 Å². The van der Waals surface area contributed by atoms with Crippen LogP contribution in [-0.4, -0.2) is 8.07 Å². The third-order valence-corrected chi connectivity index (χ3v) is 6.62. The lowest BCUT2D eigenvalue weighted by molar-refractivity contribution is -0.0990. The molecule has 0 aromatic rings. The molecule has 3 aliphatic carbocycles. The second-order valence-corrected chi connectivity index (χ2v) is 13.0. The fourth-order valence-electron chi connectivity index (χ4n) is 3.99. The van der Waals surface area contributed by atoms with Crippen LogP contribution in [0.15, 0.2) is 0 Å². The average molecular weight is 210 g/mol. The van der Waals surface area contributed by atoms with E-state index in [0.29, 0.717) is 5.41 Å². The highest BCUT2D eigenvalue weighted by atomic mass is 28.3. The van der Waals surface area contributed by atoms with Crippen LogP contribution in [0.2, 0.25) is 25.7 Å². The lowest BCUT2D eigenvalue weighted by Crippen LogP contribution is -2.53. The first-order chi connectivity index (χ1) is 6.31. The minimum atomic E-state index is -0.824. The summed E-state index contributed by atoms with van der Waals surface area (Å²) in [5.74, 6) is 3.24. The molecule has 82 valence electrons. The van der Waals surface area contributed by atoms with E-state index in [1.165, 1.54) is 6.42 Å². The third-order valence-electron chi connectivity index (χ3n) is 4.88. The van der Waals surface area contributed by atoms with E-state index in [9.17, 15) is 0 Å². The Labute approximate surface area is 90.5 Å². The zero-order valence-electron chi connectivity index (χ0n) is 10.6.